The Kier molecular flexibility index (Phi) is 6.50. The van der Waals surface area contributed by atoms with E-state index >= 15 is 0 Å². The number of halogens is 1. The van der Waals surface area contributed by atoms with Gasteiger partial charge in [-0.05, 0) is 29.8 Å². The van der Waals surface area contributed by atoms with Crippen LogP contribution in [-0.4, -0.2) is 55.9 Å². The molecule has 7 nitrogen and oxygen atoms in total. The summed E-state index contributed by atoms with van der Waals surface area (Å²) >= 11 is 6.18. The third-order valence-corrected chi connectivity index (χ3v) is 6.69. The summed E-state index contributed by atoms with van der Waals surface area (Å²) in [5.41, 5.74) is 1.76. The van der Waals surface area contributed by atoms with Crippen molar-refractivity contribution in [3.63, 3.8) is 0 Å². The van der Waals surface area contributed by atoms with Crippen LogP contribution in [0.4, 0.5) is 0 Å². The van der Waals surface area contributed by atoms with Gasteiger partial charge < -0.3 is 4.74 Å². The zero-order chi connectivity index (χ0) is 21.0. The van der Waals surface area contributed by atoms with E-state index in [0.29, 0.717) is 18.2 Å². The van der Waals surface area contributed by atoms with Gasteiger partial charge in [0.05, 0.1) is 31.3 Å². The average molecular weight is 447 g/mol. The molecule has 0 bridgehead atoms. The van der Waals surface area contributed by atoms with Crippen molar-refractivity contribution in [1.29, 1.82) is 0 Å². The van der Waals surface area contributed by atoms with E-state index in [-0.39, 0.29) is 17.5 Å². The molecule has 0 spiro atoms. The third kappa shape index (κ3) is 4.91. The highest BCUT2D eigenvalue weighted by molar-refractivity contribution is 7.89. The van der Waals surface area contributed by atoms with Crippen LogP contribution in [0.25, 0.3) is 5.69 Å². The summed E-state index contributed by atoms with van der Waals surface area (Å²) in [6.45, 7) is 2.91. The smallest absolute Gasteiger partial charge is 0.243 e. The number of benzene rings is 2. The van der Waals surface area contributed by atoms with E-state index in [9.17, 15) is 8.42 Å². The number of ether oxygens (including phenoxy) is 1. The van der Waals surface area contributed by atoms with Crippen LogP contribution in [0, 0.1) is 0 Å². The molecule has 0 radical (unpaired) electrons. The molecule has 0 amide bonds. The second kappa shape index (κ2) is 9.28. The van der Waals surface area contributed by atoms with E-state index in [1.54, 1.807) is 4.68 Å². The predicted molar refractivity (Wildman–Crippen MR) is 115 cm³/mol. The van der Waals surface area contributed by atoms with E-state index in [0.717, 1.165) is 24.3 Å². The van der Waals surface area contributed by atoms with Crippen molar-refractivity contribution in [2.45, 2.75) is 10.9 Å². The van der Waals surface area contributed by atoms with E-state index in [4.69, 9.17) is 16.3 Å². The van der Waals surface area contributed by atoms with E-state index in [1.807, 2.05) is 54.6 Å². The van der Waals surface area contributed by atoms with Crippen molar-refractivity contribution in [1.82, 2.24) is 19.4 Å². The molecule has 1 N–H and O–H groups in total. The molecular weight excluding hydrogens is 424 g/mol. The highest BCUT2D eigenvalue weighted by Crippen LogP contribution is 2.24. The van der Waals surface area contributed by atoms with E-state index in [1.165, 1.54) is 12.4 Å². The van der Waals surface area contributed by atoms with Crippen LogP contribution >= 0.6 is 11.6 Å². The number of aromatic nitrogens is 2. The minimum absolute atomic E-state index is 0.123. The summed E-state index contributed by atoms with van der Waals surface area (Å²) in [7, 11) is -3.72. The summed E-state index contributed by atoms with van der Waals surface area (Å²) in [4.78, 5) is 2.34. The Morgan fingerprint density at radius 1 is 1.10 bits per heavy atom. The molecule has 9 heteroatoms. The quantitative estimate of drug-likeness (QED) is 0.604. The summed E-state index contributed by atoms with van der Waals surface area (Å²) in [5, 5.41) is 4.82. The minimum Gasteiger partial charge on any atom is -0.379 e. The van der Waals surface area contributed by atoms with E-state index in [2.05, 4.69) is 14.7 Å². The molecule has 1 aliphatic heterocycles. The first kappa shape index (κ1) is 21.0. The third-order valence-electron chi connectivity index (χ3n) is 5.08. The molecule has 30 heavy (non-hydrogen) atoms. The number of morpholine rings is 1. The van der Waals surface area contributed by atoms with Crippen LogP contribution in [0.5, 0.6) is 0 Å². The molecule has 1 saturated heterocycles. The maximum absolute atomic E-state index is 12.9. The molecule has 0 saturated carbocycles. The van der Waals surface area contributed by atoms with Crippen molar-refractivity contribution in [3.8, 4) is 5.69 Å². The number of sulfonamides is 1. The van der Waals surface area contributed by atoms with Crippen molar-refractivity contribution in [2.24, 2.45) is 0 Å². The average Bonchev–Trinajstić information content (AvgIpc) is 3.27. The summed E-state index contributed by atoms with van der Waals surface area (Å²) in [5.74, 6) is 0. The highest BCUT2D eigenvalue weighted by Gasteiger charge is 2.26. The van der Waals surface area contributed by atoms with Gasteiger partial charge in [-0.2, -0.15) is 5.10 Å². The number of nitrogens with zero attached hydrogens (tertiary/aromatic N) is 3. The van der Waals surface area contributed by atoms with Gasteiger partial charge in [-0.25, -0.2) is 17.8 Å². The van der Waals surface area contributed by atoms with Crippen LogP contribution in [0.3, 0.4) is 0 Å². The SMILES string of the molecule is O=S(=O)(NCC(c1cccc(Cl)c1)N1CCOCC1)c1cnn(-c2ccccc2)c1. The standard InChI is InChI=1S/C21H23ClN4O3S/c22-18-6-4-5-17(13-18)21(25-9-11-29-12-10-25)15-24-30(27,28)20-14-23-26(16-20)19-7-2-1-3-8-19/h1-8,13-14,16,21,24H,9-12,15H2. The maximum atomic E-state index is 12.9. The van der Waals surface area contributed by atoms with Crippen molar-refractivity contribution >= 4 is 21.6 Å². The highest BCUT2D eigenvalue weighted by atomic mass is 35.5. The Balaban J connectivity index is 1.53. The van der Waals surface area contributed by atoms with Crippen LogP contribution in [0.15, 0.2) is 71.9 Å². The lowest BCUT2D eigenvalue weighted by Crippen LogP contribution is -2.43. The zero-order valence-corrected chi connectivity index (χ0v) is 17.9. The van der Waals surface area contributed by atoms with Gasteiger partial charge in [-0.15, -0.1) is 0 Å². The molecule has 2 aromatic carbocycles. The van der Waals surface area contributed by atoms with Gasteiger partial charge in [0.15, 0.2) is 0 Å². The van der Waals surface area contributed by atoms with Crippen molar-refractivity contribution < 1.29 is 13.2 Å². The zero-order valence-electron chi connectivity index (χ0n) is 16.3. The second-order valence-corrected chi connectivity index (χ2v) is 9.23. The number of para-hydroxylation sites is 1. The summed E-state index contributed by atoms with van der Waals surface area (Å²) in [6, 6.07) is 16.8. The fourth-order valence-electron chi connectivity index (χ4n) is 3.50. The van der Waals surface area contributed by atoms with Gasteiger partial charge in [-0.1, -0.05) is 41.9 Å². The summed E-state index contributed by atoms with van der Waals surface area (Å²) in [6.07, 6.45) is 2.87. The number of rotatable bonds is 7. The second-order valence-electron chi connectivity index (χ2n) is 7.03. The molecular formula is C21H23ClN4O3S. The Morgan fingerprint density at radius 2 is 1.87 bits per heavy atom. The maximum Gasteiger partial charge on any atom is 0.243 e. The first-order valence-corrected chi connectivity index (χ1v) is 11.6. The van der Waals surface area contributed by atoms with Crippen LogP contribution < -0.4 is 4.72 Å². The Labute approximate surface area is 181 Å². The molecule has 1 fully saturated rings. The van der Waals surface area contributed by atoms with Crippen LogP contribution in [0.2, 0.25) is 5.02 Å². The Morgan fingerprint density at radius 3 is 2.60 bits per heavy atom. The van der Waals surface area contributed by atoms with Gasteiger partial charge in [-0.3, -0.25) is 4.90 Å². The van der Waals surface area contributed by atoms with Crippen LogP contribution in [-0.2, 0) is 14.8 Å². The lowest BCUT2D eigenvalue weighted by Gasteiger charge is -2.34. The minimum atomic E-state index is -3.72. The van der Waals surface area contributed by atoms with Crippen LogP contribution in [0.1, 0.15) is 11.6 Å². The predicted octanol–water partition coefficient (Wildman–Crippen LogP) is 2.88. The molecule has 4 rings (SSSR count). The fourth-order valence-corrected chi connectivity index (χ4v) is 4.67. The Hall–Kier alpha value is -2.23. The Bertz CT molecular complexity index is 1080. The van der Waals surface area contributed by atoms with E-state index < -0.39 is 10.0 Å². The molecule has 3 aromatic rings. The first-order valence-electron chi connectivity index (χ1n) is 9.70. The largest absolute Gasteiger partial charge is 0.379 e. The molecule has 2 heterocycles. The van der Waals surface area contributed by atoms with Gasteiger partial charge in [0.25, 0.3) is 0 Å². The van der Waals surface area contributed by atoms with Gasteiger partial charge in [0.1, 0.15) is 4.90 Å². The topological polar surface area (TPSA) is 76.5 Å². The van der Waals surface area contributed by atoms with Gasteiger partial charge >= 0.3 is 0 Å². The normalized spacial score (nSPS) is 16.4. The molecule has 158 valence electrons. The molecule has 1 atom stereocenters. The van der Waals surface area contributed by atoms with Crippen molar-refractivity contribution in [2.75, 3.05) is 32.8 Å². The molecule has 1 aromatic heterocycles. The summed E-state index contributed by atoms with van der Waals surface area (Å²) < 4.78 is 35.6. The molecule has 1 aliphatic rings. The monoisotopic (exact) mass is 446 g/mol. The number of hydrogen-bond donors (Lipinski definition) is 1. The first-order chi connectivity index (χ1) is 14.5. The lowest BCUT2D eigenvalue weighted by molar-refractivity contribution is 0.0172. The fraction of sp³-hybridized carbons (Fsp3) is 0.286. The number of nitrogens with one attached hydrogen (secondary N) is 1. The molecule has 0 aliphatic carbocycles. The van der Waals surface area contributed by atoms with Gasteiger partial charge in [0, 0.05) is 30.7 Å². The van der Waals surface area contributed by atoms with Gasteiger partial charge in [0.2, 0.25) is 10.0 Å². The lowest BCUT2D eigenvalue weighted by atomic mass is 10.1. The van der Waals surface area contributed by atoms with Crippen molar-refractivity contribution in [3.05, 3.63) is 77.6 Å². The molecule has 1 unspecified atom stereocenters. The number of hydrogen-bond acceptors (Lipinski definition) is 5.